The summed E-state index contributed by atoms with van der Waals surface area (Å²) in [7, 11) is 4.98. The monoisotopic (exact) mass is 1380 g/mol. The van der Waals surface area contributed by atoms with Gasteiger partial charge in [-0.1, -0.05) is 121 Å². The van der Waals surface area contributed by atoms with E-state index in [1.807, 2.05) is 72.8 Å². The third kappa shape index (κ3) is 11.1. The van der Waals surface area contributed by atoms with Gasteiger partial charge in [-0.15, -0.1) is 107 Å². The van der Waals surface area contributed by atoms with E-state index in [1.54, 1.807) is 76.0 Å². The van der Waals surface area contributed by atoms with Crippen LogP contribution in [0.4, 0.5) is 17.1 Å². The van der Waals surface area contributed by atoms with Crippen LogP contribution >= 0.6 is 0 Å². The Bertz CT molecular complexity index is 5050. The molecule has 0 N–H and O–H groups in total. The van der Waals surface area contributed by atoms with E-state index in [4.69, 9.17) is 9.97 Å². The number of anilines is 3. The third-order valence-electron chi connectivity index (χ3n) is 17.2. The zero-order valence-electron chi connectivity index (χ0n) is 50.7. The Morgan fingerprint density at radius 2 is 0.677 bits per heavy atom. The van der Waals surface area contributed by atoms with E-state index in [0.29, 0.717) is 50.8 Å². The van der Waals surface area contributed by atoms with Crippen LogP contribution in [0.3, 0.4) is 0 Å². The number of carbonyl (C=O) groups is 3. The number of carbonyl (C=O) groups excluding carboxylic acids is 3. The van der Waals surface area contributed by atoms with Crippen molar-refractivity contribution in [3.05, 3.63) is 314 Å². The van der Waals surface area contributed by atoms with E-state index in [9.17, 15) is 14.4 Å². The van der Waals surface area contributed by atoms with E-state index >= 15 is 0 Å². The summed E-state index contributed by atoms with van der Waals surface area (Å²) in [5.41, 5.74) is 17.4. The minimum Gasteiger partial charge on any atom is -0.311 e. The molecule has 0 fully saturated rings. The quantitative estimate of drug-likeness (QED) is 0.106. The topological polar surface area (TPSA) is 109 Å². The number of benzene rings is 10. The van der Waals surface area contributed by atoms with Gasteiger partial charge < -0.3 is 38.8 Å². The normalized spacial score (nSPS) is 11.2. The zero-order valence-corrected chi connectivity index (χ0v) is 53.1. The number of nitrogens with zero attached hydrogens (tertiary/aromatic N) is 8. The predicted octanol–water partition coefficient (Wildman–Crippen LogP) is 17.6. The van der Waals surface area contributed by atoms with E-state index < -0.39 is 0 Å². The van der Waals surface area contributed by atoms with Gasteiger partial charge in [0.15, 0.2) is 0 Å². The third-order valence-corrected chi connectivity index (χ3v) is 17.2. The van der Waals surface area contributed by atoms with Crippen LogP contribution in [0, 0.1) is 18.2 Å². The van der Waals surface area contributed by atoms with Crippen LogP contribution in [0.5, 0.6) is 0 Å². The van der Waals surface area contributed by atoms with Crippen molar-refractivity contribution in [1.29, 1.82) is 0 Å². The first-order chi connectivity index (χ1) is 45.1. The van der Waals surface area contributed by atoms with Crippen LogP contribution in [0.15, 0.2) is 279 Å². The van der Waals surface area contributed by atoms with Gasteiger partial charge in [0.25, 0.3) is 17.7 Å². The van der Waals surface area contributed by atoms with E-state index in [-0.39, 0.29) is 37.8 Å². The standard InChI is InChI=1S/C81H55N8O3.Ir/c1-85(79(90)60-33-38-72(82-50-60)53-19-7-4-8-20-53)65-47-66(86(2)80(91)61-34-39-73(83-51-61)58-23-17-21-54(43-58)56-36-41-77-70(45-56)68-29-13-15-31-75(68)88(77)63-25-9-5-10-26-63)49-67(48-65)87(3)81(92)62-35-40-74(84-52-62)59-24-18-22-55(44-59)57-37-42-78-71(46-57)69-30-14-16-32-76(69)89(78)64-27-11-6-12-28-64;/h4-19,21-22,25-52H,1-3H3;/q-3;+3. The second-order valence-electron chi connectivity index (χ2n) is 22.7. The number of rotatable bonds is 13. The fraction of sp³-hybridized carbons (Fsp3) is 0.0370. The van der Waals surface area contributed by atoms with Gasteiger partial charge in [0, 0.05) is 89.7 Å². The Labute approximate surface area is 551 Å². The van der Waals surface area contributed by atoms with Crippen molar-refractivity contribution in [3.63, 3.8) is 0 Å². The van der Waals surface area contributed by atoms with Crippen molar-refractivity contribution in [3.8, 4) is 67.4 Å². The maximum atomic E-state index is 14.6. The maximum absolute atomic E-state index is 14.6. The molecule has 3 amide bonds. The average Bonchev–Trinajstić information content (AvgIpc) is 1.92. The number of hydrogen-bond donors (Lipinski definition) is 0. The van der Waals surface area contributed by atoms with Crippen molar-refractivity contribution < 1.29 is 34.5 Å². The molecule has 0 aliphatic rings. The van der Waals surface area contributed by atoms with Gasteiger partial charge in [0.05, 0.1) is 38.8 Å². The van der Waals surface area contributed by atoms with Crippen molar-refractivity contribution in [2.75, 3.05) is 35.8 Å². The molecule has 0 unspecified atom stereocenters. The molecular weight excluding hydrogens is 1330 g/mol. The molecule has 93 heavy (non-hydrogen) atoms. The number of hydrogen-bond acceptors (Lipinski definition) is 6. The summed E-state index contributed by atoms with van der Waals surface area (Å²) in [4.78, 5) is 62.3. The van der Waals surface area contributed by atoms with E-state index in [1.165, 1.54) is 31.7 Å². The minimum absolute atomic E-state index is 0. The first kappa shape index (κ1) is 59.0. The smallest absolute Gasteiger partial charge is 0.311 e. The van der Waals surface area contributed by atoms with Crippen molar-refractivity contribution in [2.45, 2.75) is 0 Å². The van der Waals surface area contributed by atoms with Crippen molar-refractivity contribution >= 4 is 78.4 Å². The second kappa shape index (κ2) is 24.9. The summed E-state index contributed by atoms with van der Waals surface area (Å²) in [6.45, 7) is 0. The number of fused-ring (bicyclic) bond motifs is 6. The Morgan fingerprint density at radius 1 is 0.323 bits per heavy atom. The first-order valence-electron chi connectivity index (χ1n) is 30.2. The summed E-state index contributed by atoms with van der Waals surface area (Å²) in [5, 5.41) is 4.63. The fourth-order valence-corrected chi connectivity index (χ4v) is 12.3. The average molecular weight is 1380 g/mol. The summed E-state index contributed by atoms with van der Waals surface area (Å²) < 4.78 is 4.60. The van der Waals surface area contributed by atoms with Crippen molar-refractivity contribution in [1.82, 2.24) is 24.1 Å². The minimum atomic E-state index is -0.356. The zero-order chi connectivity index (χ0) is 62.4. The molecule has 11 nitrogen and oxygen atoms in total. The van der Waals surface area contributed by atoms with E-state index in [0.717, 1.165) is 83.2 Å². The predicted molar refractivity (Wildman–Crippen MR) is 370 cm³/mol. The summed E-state index contributed by atoms with van der Waals surface area (Å²) >= 11 is 0. The van der Waals surface area contributed by atoms with Crippen LogP contribution < -0.4 is 14.7 Å². The van der Waals surface area contributed by atoms with Gasteiger partial charge in [-0.3, -0.25) is 14.4 Å². The van der Waals surface area contributed by atoms with Gasteiger partial charge >= 0.3 is 20.1 Å². The molecule has 0 saturated carbocycles. The van der Waals surface area contributed by atoms with E-state index in [2.05, 4.69) is 178 Å². The molecule has 0 radical (unpaired) electrons. The molecule has 12 heteroatoms. The van der Waals surface area contributed by atoms with Gasteiger partial charge in [-0.25, -0.2) is 0 Å². The molecule has 0 spiro atoms. The molecule has 0 bridgehead atoms. The molecule has 15 rings (SSSR count). The van der Waals surface area contributed by atoms with Gasteiger partial charge in [0.1, 0.15) is 0 Å². The molecule has 0 aliphatic heterocycles. The van der Waals surface area contributed by atoms with Gasteiger partial charge in [-0.05, 0) is 107 Å². The number of amides is 3. The van der Waals surface area contributed by atoms with Gasteiger partial charge in [0.2, 0.25) is 0 Å². The second-order valence-corrected chi connectivity index (χ2v) is 22.7. The molecule has 0 saturated heterocycles. The molecule has 446 valence electrons. The molecule has 10 aromatic carbocycles. The Balaban J connectivity index is 0.00000749. The first-order valence-corrected chi connectivity index (χ1v) is 30.2. The number of pyridine rings is 3. The van der Waals surface area contributed by atoms with Crippen LogP contribution in [0.2, 0.25) is 0 Å². The number of para-hydroxylation sites is 4. The van der Waals surface area contributed by atoms with Gasteiger partial charge in [-0.2, -0.15) is 0 Å². The summed E-state index contributed by atoms with van der Waals surface area (Å²) in [6, 6.07) is 96.3. The summed E-state index contributed by atoms with van der Waals surface area (Å²) in [6.07, 6.45) is 4.67. The molecule has 15 aromatic rings. The van der Waals surface area contributed by atoms with Crippen LogP contribution in [0.1, 0.15) is 31.1 Å². The van der Waals surface area contributed by atoms with Crippen molar-refractivity contribution in [2.24, 2.45) is 0 Å². The van der Waals surface area contributed by atoms with Crippen LogP contribution in [0.25, 0.3) is 111 Å². The van der Waals surface area contributed by atoms with Crippen LogP contribution in [-0.2, 0) is 20.1 Å². The van der Waals surface area contributed by atoms with Crippen LogP contribution in [-0.4, -0.2) is 63.0 Å². The Morgan fingerprint density at radius 3 is 1.06 bits per heavy atom. The Kier molecular flexibility index (Phi) is 15.8. The molecule has 0 atom stereocenters. The fourth-order valence-electron chi connectivity index (χ4n) is 12.3. The molecule has 5 aromatic heterocycles. The number of aromatic nitrogens is 5. The largest absolute Gasteiger partial charge is 3.00 e. The Hall–Kier alpha value is -11.7. The molecule has 5 heterocycles. The molecule has 0 aliphatic carbocycles. The summed E-state index contributed by atoms with van der Waals surface area (Å²) in [5.74, 6) is -1.06. The SMILES string of the molecule is CN(C(=O)c1ccc(-c2[c-]cccc2)nc1)c1cc(N(C)C(=O)c2ccc(-c3[c-]ccc(-c4ccc5c(c4)c4ccccc4n5-c4ccccc4)c3)nc2)cc(N(C)C(=O)c2ccc(-c3[c-]ccc(-c4ccc5c(c4)c4ccccc4n5-c4ccccc4)c3)nc2)c1.[Ir+3]. The maximum Gasteiger partial charge on any atom is 3.00 e. The molecular formula is C81H55IrN8O3.